The monoisotopic (exact) mass is 363 g/mol. The van der Waals surface area contributed by atoms with Crippen molar-refractivity contribution in [3.63, 3.8) is 0 Å². The molecule has 0 aliphatic rings. The summed E-state index contributed by atoms with van der Waals surface area (Å²) in [4.78, 5) is 22.4. The fourth-order valence-electron chi connectivity index (χ4n) is 2.49. The minimum absolute atomic E-state index is 0.0488. The van der Waals surface area contributed by atoms with E-state index in [4.69, 9.17) is 0 Å². The van der Waals surface area contributed by atoms with Crippen molar-refractivity contribution >= 4 is 28.7 Å². The Hall–Kier alpha value is -3.74. The van der Waals surface area contributed by atoms with E-state index in [0.717, 1.165) is 17.9 Å². The number of rotatable bonds is 6. The average Bonchev–Trinajstić information content (AvgIpc) is 2.70. The summed E-state index contributed by atoms with van der Waals surface area (Å²) in [6, 6.07) is 16.8. The van der Waals surface area contributed by atoms with Gasteiger partial charge in [0, 0.05) is 41.2 Å². The maximum absolute atomic E-state index is 12.2. The van der Waals surface area contributed by atoms with Gasteiger partial charge in [-0.05, 0) is 43.3 Å². The largest absolute Gasteiger partial charge is 0.355 e. The molecule has 0 aliphatic carbocycles. The molecule has 0 atom stereocenters. The quantitative estimate of drug-likeness (QED) is 0.395. The summed E-state index contributed by atoms with van der Waals surface area (Å²) in [5.74, 6) is -0.321. The van der Waals surface area contributed by atoms with E-state index in [0.29, 0.717) is 11.3 Å². The molecule has 7 nitrogen and oxygen atoms in total. The summed E-state index contributed by atoms with van der Waals surface area (Å²) in [5, 5.41) is 16.7. The molecule has 0 spiro atoms. The molecule has 0 bridgehead atoms. The number of nitro groups is 1. The molecule has 0 radical (unpaired) electrons. The van der Waals surface area contributed by atoms with Gasteiger partial charge in [-0.3, -0.25) is 14.9 Å². The van der Waals surface area contributed by atoms with Crippen molar-refractivity contribution < 1.29 is 14.3 Å². The molecular weight excluding hydrogens is 344 g/mol. The molecule has 3 rings (SSSR count). The third-order valence-corrected chi connectivity index (χ3v) is 4.03. The maximum Gasteiger partial charge on any atom is 0.269 e. The molecule has 0 unspecified atom stereocenters. The number of amides is 1. The van der Waals surface area contributed by atoms with Gasteiger partial charge in [0.2, 0.25) is 0 Å². The lowest BCUT2D eigenvalue weighted by Crippen LogP contribution is -2.30. The van der Waals surface area contributed by atoms with Gasteiger partial charge in [0.1, 0.15) is 6.54 Å². The Balaban J connectivity index is 1.62. The molecule has 0 fully saturated rings. The predicted molar refractivity (Wildman–Crippen MR) is 103 cm³/mol. The van der Waals surface area contributed by atoms with Crippen LogP contribution < -0.4 is 15.2 Å². The van der Waals surface area contributed by atoms with E-state index in [1.54, 1.807) is 12.1 Å². The van der Waals surface area contributed by atoms with Crippen LogP contribution in [-0.4, -0.2) is 10.8 Å². The summed E-state index contributed by atoms with van der Waals surface area (Å²) in [6.07, 6.45) is 4.00. The van der Waals surface area contributed by atoms with Crippen LogP contribution in [0.4, 0.5) is 22.7 Å². The van der Waals surface area contributed by atoms with Crippen LogP contribution in [0.2, 0.25) is 0 Å². The normalized spacial score (nSPS) is 10.3. The van der Waals surface area contributed by atoms with Crippen molar-refractivity contribution in [3.05, 3.63) is 88.7 Å². The molecule has 0 saturated heterocycles. The average molecular weight is 363 g/mol. The van der Waals surface area contributed by atoms with Crippen LogP contribution in [0.25, 0.3) is 0 Å². The molecule has 27 heavy (non-hydrogen) atoms. The van der Waals surface area contributed by atoms with E-state index in [9.17, 15) is 14.9 Å². The van der Waals surface area contributed by atoms with Crippen molar-refractivity contribution in [1.82, 2.24) is 0 Å². The second-order valence-corrected chi connectivity index (χ2v) is 5.88. The number of non-ortho nitro benzene ring substituents is 1. The zero-order chi connectivity index (χ0) is 19.2. The molecule has 1 heterocycles. The summed E-state index contributed by atoms with van der Waals surface area (Å²) in [6.45, 7) is 3.00. The van der Waals surface area contributed by atoms with E-state index in [2.05, 4.69) is 22.1 Å². The first-order chi connectivity index (χ1) is 13.0. The Kier molecular flexibility index (Phi) is 5.41. The number of aromatic nitrogens is 1. The van der Waals surface area contributed by atoms with Crippen molar-refractivity contribution in [3.8, 4) is 0 Å². The van der Waals surface area contributed by atoms with Gasteiger partial charge in [-0.1, -0.05) is 0 Å². The molecule has 2 N–H and O–H groups in total. The van der Waals surface area contributed by atoms with E-state index in [1.165, 1.54) is 24.3 Å². The van der Waals surface area contributed by atoms with E-state index < -0.39 is 4.92 Å². The highest BCUT2D eigenvalue weighted by Crippen LogP contribution is 2.19. The van der Waals surface area contributed by atoms with Gasteiger partial charge in [-0.25, -0.2) is 4.57 Å². The number of hydrogen-bond acceptors (Lipinski definition) is 4. The fourth-order valence-corrected chi connectivity index (χ4v) is 2.49. The Morgan fingerprint density at radius 2 is 1.48 bits per heavy atom. The highest BCUT2D eigenvalue weighted by molar-refractivity contribution is 6.04. The smallest absolute Gasteiger partial charge is 0.269 e. The van der Waals surface area contributed by atoms with Crippen molar-refractivity contribution in [2.24, 2.45) is 0 Å². The summed E-state index contributed by atoms with van der Waals surface area (Å²) in [7, 11) is 0. The number of nitrogens with one attached hydrogen (secondary N) is 2. The minimum atomic E-state index is -0.498. The molecule has 1 aromatic heterocycles. The molecule has 0 aliphatic heterocycles. The zero-order valence-corrected chi connectivity index (χ0v) is 14.8. The zero-order valence-electron chi connectivity index (χ0n) is 14.8. The summed E-state index contributed by atoms with van der Waals surface area (Å²) >= 11 is 0. The summed E-state index contributed by atoms with van der Waals surface area (Å²) < 4.78 is 2.07. The third kappa shape index (κ3) is 4.66. The van der Waals surface area contributed by atoms with E-state index in [-0.39, 0.29) is 11.6 Å². The molecule has 0 saturated carbocycles. The van der Waals surface area contributed by atoms with Gasteiger partial charge in [0.15, 0.2) is 12.4 Å². The standard InChI is InChI=1S/C20H18N4O3/c1-2-23-13-11-18(12-14-23)21-16-5-7-17(8-6-16)22-20(25)15-3-9-19(10-4-15)24(26)27/h3-14H,2H2,1H3,(H,22,25)/p+1. The number of nitro benzene ring substituents is 1. The van der Waals surface area contributed by atoms with Crippen LogP contribution in [0.3, 0.4) is 0 Å². The van der Waals surface area contributed by atoms with Gasteiger partial charge in [-0.2, -0.15) is 0 Å². The minimum Gasteiger partial charge on any atom is -0.355 e. The molecular formula is C20H19N4O3+. The number of aryl methyl sites for hydroxylation is 1. The highest BCUT2D eigenvalue weighted by atomic mass is 16.6. The Bertz CT molecular complexity index is 936. The van der Waals surface area contributed by atoms with Crippen LogP contribution >= 0.6 is 0 Å². The van der Waals surface area contributed by atoms with Gasteiger partial charge in [-0.15, -0.1) is 0 Å². The number of anilines is 3. The number of pyridine rings is 1. The second kappa shape index (κ2) is 8.09. The van der Waals surface area contributed by atoms with Crippen LogP contribution in [0.1, 0.15) is 17.3 Å². The van der Waals surface area contributed by atoms with Gasteiger partial charge in [0.05, 0.1) is 10.6 Å². The first kappa shape index (κ1) is 18.1. The predicted octanol–water partition coefficient (Wildman–Crippen LogP) is 3.90. The first-order valence-electron chi connectivity index (χ1n) is 8.47. The summed E-state index contributed by atoms with van der Waals surface area (Å²) in [5.41, 5.74) is 2.82. The Morgan fingerprint density at radius 1 is 0.926 bits per heavy atom. The lowest BCUT2D eigenvalue weighted by Gasteiger charge is -2.08. The Labute approximate surface area is 156 Å². The number of nitrogens with zero attached hydrogens (tertiary/aromatic N) is 2. The van der Waals surface area contributed by atoms with Gasteiger partial charge >= 0.3 is 0 Å². The van der Waals surface area contributed by atoms with Crippen LogP contribution in [0, 0.1) is 10.1 Å². The van der Waals surface area contributed by atoms with E-state index >= 15 is 0 Å². The number of hydrogen-bond donors (Lipinski definition) is 2. The third-order valence-electron chi connectivity index (χ3n) is 4.03. The lowest BCUT2D eigenvalue weighted by atomic mass is 10.2. The van der Waals surface area contributed by atoms with Gasteiger partial charge in [0.25, 0.3) is 11.6 Å². The lowest BCUT2D eigenvalue weighted by molar-refractivity contribution is -0.693. The van der Waals surface area contributed by atoms with E-state index in [1.807, 2.05) is 36.7 Å². The van der Waals surface area contributed by atoms with Gasteiger partial charge < -0.3 is 10.6 Å². The van der Waals surface area contributed by atoms with Crippen LogP contribution in [0.15, 0.2) is 73.1 Å². The number of benzene rings is 2. The Morgan fingerprint density at radius 3 is 2.04 bits per heavy atom. The van der Waals surface area contributed by atoms with Crippen molar-refractivity contribution in [2.75, 3.05) is 10.6 Å². The highest BCUT2D eigenvalue weighted by Gasteiger charge is 2.09. The van der Waals surface area contributed by atoms with Crippen LogP contribution in [0.5, 0.6) is 0 Å². The number of carbonyl (C=O) groups excluding carboxylic acids is 1. The van der Waals surface area contributed by atoms with Crippen molar-refractivity contribution in [2.45, 2.75) is 13.5 Å². The molecule has 3 aromatic rings. The topological polar surface area (TPSA) is 88.2 Å². The second-order valence-electron chi connectivity index (χ2n) is 5.88. The first-order valence-corrected chi connectivity index (χ1v) is 8.47. The number of carbonyl (C=O) groups is 1. The molecule has 136 valence electrons. The van der Waals surface area contributed by atoms with Crippen molar-refractivity contribution in [1.29, 1.82) is 0 Å². The SMILES string of the molecule is CC[n+]1ccc(Nc2ccc(NC(=O)c3ccc([N+](=O)[O-])cc3)cc2)cc1. The van der Waals surface area contributed by atoms with Crippen LogP contribution in [-0.2, 0) is 6.54 Å². The maximum atomic E-state index is 12.2. The molecule has 7 heteroatoms. The molecule has 2 aromatic carbocycles. The fraction of sp³-hybridized carbons (Fsp3) is 0.100. The molecule has 1 amide bonds.